The third-order valence-corrected chi connectivity index (χ3v) is 4.60. The van der Waals surface area contributed by atoms with Gasteiger partial charge in [-0.2, -0.15) is 0 Å². The number of hydrogen-bond acceptors (Lipinski definition) is 3. The van der Waals surface area contributed by atoms with Crippen molar-refractivity contribution in [3.8, 4) is 0 Å². The van der Waals surface area contributed by atoms with Crippen LogP contribution in [0.2, 0.25) is 0 Å². The second-order valence-corrected chi connectivity index (χ2v) is 7.07. The third-order valence-electron chi connectivity index (χ3n) is 4.60. The van der Waals surface area contributed by atoms with E-state index in [2.05, 4.69) is 34.6 Å². The van der Waals surface area contributed by atoms with Gasteiger partial charge in [-0.15, -0.1) is 0 Å². The Balaban J connectivity index is 1.83. The van der Waals surface area contributed by atoms with E-state index in [0.29, 0.717) is 18.2 Å². The predicted octanol–water partition coefficient (Wildman–Crippen LogP) is 1.39. The first-order valence-electron chi connectivity index (χ1n) is 8.84. The van der Waals surface area contributed by atoms with Crippen molar-refractivity contribution in [1.82, 2.24) is 20.4 Å². The predicted molar refractivity (Wildman–Crippen MR) is 103 cm³/mol. The van der Waals surface area contributed by atoms with E-state index >= 15 is 0 Å². The van der Waals surface area contributed by atoms with E-state index in [9.17, 15) is 4.79 Å². The van der Waals surface area contributed by atoms with Crippen molar-refractivity contribution in [2.45, 2.75) is 25.4 Å². The third kappa shape index (κ3) is 5.74. The fourth-order valence-corrected chi connectivity index (χ4v) is 2.88. The summed E-state index contributed by atoms with van der Waals surface area (Å²) in [4.78, 5) is 20.1. The van der Waals surface area contributed by atoms with Gasteiger partial charge >= 0.3 is 0 Å². The van der Waals surface area contributed by atoms with Gasteiger partial charge in [0.1, 0.15) is 0 Å². The number of carbonyl (C=O) groups is 1. The van der Waals surface area contributed by atoms with Crippen LogP contribution in [0.25, 0.3) is 0 Å². The first kappa shape index (κ1) is 19.2. The van der Waals surface area contributed by atoms with Gasteiger partial charge in [-0.05, 0) is 50.6 Å². The van der Waals surface area contributed by atoms with Crippen molar-refractivity contribution in [2.24, 2.45) is 10.9 Å². The molecule has 0 heterocycles. The van der Waals surface area contributed by atoms with E-state index in [4.69, 9.17) is 0 Å². The van der Waals surface area contributed by atoms with Gasteiger partial charge in [-0.3, -0.25) is 9.79 Å². The fraction of sp³-hybridized carbons (Fsp3) is 0.579. The van der Waals surface area contributed by atoms with Crippen molar-refractivity contribution in [3.05, 3.63) is 35.4 Å². The Bertz CT molecular complexity index is 588. The monoisotopic (exact) mass is 345 g/mol. The first-order chi connectivity index (χ1) is 11.9. The van der Waals surface area contributed by atoms with Gasteiger partial charge in [-0.1, -0.05) is 12.1 Å². The number of guanidine groups is 1. The van der Waals surface area contributed by atoms with Crippen LogP contribution in [-0.2, 0) is 6.54 Å². The molecule has 6 heteroatoms. The molecule has 1 amide bonds. The van der Waals surface area contributed by atoms with Crippen LogP contribution < -0.4 is 10.6 Å². The number of aliphatic imine (C=N–C) groups is 1. The Morgan fingerprint density at radius 2 is 1.80 bits per heavy atom. The number of rotatable bonds is 7. The summed E-state index contributed by atoms with van der Waals surface area (Å²) < 4.78 is 0. The van der Waals surface area contributed by atoms with E-state index < -0.39 is 0 Å². The summed E-state index contributed by atoms with van der Waals surface area (Å²) in [5.41, 5.74) is 1.82. The molecule has 1 aliphatic rings. The summed E-state index contributed by atoms with van der Waals surface area (Å²) >= 11 is 0. The molecule has 0 aliphatic heterocycles. The summed E-state index contributed by atoms with van der Waals surface area (Å²) in [5.74, 6) is 1.63. The molecule has 2 rings (SSSR count). The molecule has 1 unspecified atom stereocenters. The first-order valence-corrected chi connectivity index (χ1v) is 8.84. The van der Waals surface area contributed by atoms with E-state index in [1.165, 1.54) is 12.8 Å². The summed E-state index contributed by atoms with van der Waals surface area (Å²) in [6, 6.07) is 8.23. The number of carbonyl (C=O) groups excluding carboxylic acids is 1. The average Bonchev–Trinajstić information content (AvgIpc) is 3.42. The lowest BCUT2D eigenvalue weighted by Crippen LogP contribution is -2.45. The molecule has 138 valence electrons. The van der Waals surface area contributed by atoms with E-state index in [1.54, 1.807) is 26.0 Å². The smallest absolute Gasteiger partial charge is 0.253 e. The molecule has 6 nitrogen and oxygen atoms in total. The van der Waals surface area contributed by atoms with Crippen molar-refractivity contribution in [3.63, 3.8) is 0 Å². The van der Waals surface area contributed by atoms with Crippen LogP contribution in [0.5, 0.6) is 0 Å². The molecule has 0 spiro atoms. The molecule has 0 bridgehead atoms. The Hall–Kier alpha value is -2.08. The quantitative estimate of drug-likeness (QED) is 0.579. The van der Waals surface area contributed by atoms with Crippen LogP contribution in [0.4, 0.5) is 0 Å². The minimum Gasteiger partial charge on any atom is -0.355 e. The minimum absolute atomic E-state index is 0.0202. The van der Waals surface area contributed by atoms with Crippen LogP contribution in [0.15, 0.2) is 29.3 Å². The van der Waals surface area contributed by atoms with Crippen molar-refractivity contribution in [1.29, 1.82) is 0 Å². The van der Waals surface area contributed by atoms with Gasteiger partial charge in [-0.25, -0.2) is 0 Å². The second-order valence-electron chi connectivity index (χ2n) is 7.07. The van der Waals surface area contributed by atoms with Crippen LogP contribution in [0, 0.1) is 5.92 Å². The maximum absolute atomic E-state index is 11.9. The number of amides is 1. The maximum Gasteiger partial charge on any atom is 0.253 e. The van der Waals surface area contributed by atoms with Crippen LogP contribution >= 0.6 is 0 Å². The zero-order chi connectivity index (χ0) is 18.4. The topological polar surface area (TPSA) is 60.0 Å². The molecule has 0 aromatic heterocycles. The highest BCUT2D eigenvalue weighted by molar-refractivity contribution is 5.93. The number of hydrogen-bond donors (Lipinski definition) is 2. The summed E-state index contributed by atoms with van der Waals surface area (Å²) in [6.07, 6.45) is 2.66. The van der Waals surface area contributed by atoms with Gasteiger partial charge in [0.25, 0.3) is 5.91 Å². The molecule has 1 aromatic rings. The molecule has 2 N–H and O–H groups in total. The Morgan fingerprint density at radius 1 is 1.16 bits per heavy atom. The number of benzene rings is 1. The number of nitrogens with one attached hydrogen (secondary N) is 2. The average molecular weight is 345 g/mol. The van der Waals surface area contributed by atoms with Gasteiger partial charge in [0.05, 0.1) is 0 Å². The summed E-state index contributed by atoms with van der Waals surface area (Å²) in [6.45, 7) is 1.57. The largest absolute Gasteiger partial charge is 0.355 e. The molecule has 1 saturated carbocycles. The highest BCUT2D eigenvalue weighted by Crippen LogP contribution is 2.34. The Morgan fingerprint density at radius 3 is 2.28 bits per heavy atom. The molecular weight excluding hydrogens is 314 g/mol. The lowest BCUT2D eigenvalue weighted by molar-refractivity contribution is 0.0827. The molecule has 25 heavy (non-hydrogen) atoms. The van der Waals surface area contributed by atoms with Crippen molar-refractivity contribution in [2.75, 3.05) is 41.8 Å². The van der Waals surface area contributed by atoms with E-state index in [-0.39, 0.29) is 5.91 Å². The van der Waals surface area contributed by atoms with Gasteiger partial charge < -0.3 is 20.4 Å². The molecule has 1 aromatic carbocycles. The summed E-state index contributed by atoms with van der Waals surface area (Å²) in [7, 11) is 9.58. The second kappa shape index (κ2) is 8.85. The van der Waals surface area contributed by atoms with E-state index in [0.717, 1.165) is 24.0 Å². The van der Waals surface area contributed by atoms with Crippen LogP contribution in [0.3, 0.4) is 0 Å². The van der Waals surface area contributed by atoms with Crippen LogP contribution in [0.1, 0.15) is 28.8 Å². The summed E-state index contributed by atoms with van der Waals surface area (Å²) in [5, 5.41) is 6.76. The number of likely N-dealkylation sites (N-methyl/N-ethyl adjacent to an activating group) is 1. The standard InChI is InChI=1S/C19H31N5O/c1-20-19(22-13-17(23(2)3)15-10-11-15)21-12-14-6-8-16(9-7-14)18(25)24(4)5/h6-9,15,17H,10-13H2,1-5H3,(H2,20,21,22). The maximum atomic E-state index is 11.9. The zero-order valence-corrected chi connectivity index (χ0v) is 16.0. The molecule has 1 atom stereocenters. The van der Waals surface area contributed by atoms with Gasteiger partial charge in [0.15, 0.2) is 5.96 Å². The highest BCUT2D eigenvalue weighted by Gasteiger charge is 2.32. The zero-order valence-electron chi connectivity index (χ0n) is 16.0. The molecule has 0 saturated heterocycles. The molecule has 1 aliphatic carbocycles. The lowest BCUT2D eigenvalue weighted by Gasteiger charge is -2.25. The van der Waals surface area contributed by atoms with Gasteiger partial charge in [0.2, 0.25) is 0 Å². The highest BCUT2D eigenvalue weighted by atomic mass is 16.2. The SMILES string of the molecule is CN=C(NCc1ccc(C(=O)N(C)C)cc1)NCC(C1CC1)N(C)C. The molecular formula is C19H31N5O. The molecule has 0 radical (unpaired) electrons. The van der Waals surface area contributed by atoms with Crippen LogP contribution in [-0.4, -0.2) is 69.5 Å². The van der Waals surface area contributed by atoms with E-state index in [1.807, 2.05) is 24.3 Å². The molecule has 1 fully saturated rings. The minimum atomic E-state index is 0.0202. The Kier molecular flexibility index (Phi) is 6.82. The van der Waals surface area contributed by atoms with Gasteiger partial charge in [0, 0.05) is 45.8 Å². The Labute approximate surface area is 151 Å². The fourth-order valence-electron chi connectivity index (χ4n) is 2.88. The number of nitrogens with zero attached hydrogens (tertiary/aromatic N) is 3. The lowest BCUT2D eigenvalue weighted by atomic mass is 10.1. The van der Waals surface area contributed by atoms with Crippen molar-refractivity contribution < 1.29 is 4.79 Å². The van der Waals surface area contributed by atoms with Crippen molar-refractivity contribution >= 4 is 11.9 Å². The normalized spacial score (nSPS) is 15.8.